The summed E-state index contributed by atoms with van der Waals surface area (Å²) in [6.45, 7) is 5.76. The third-order valence-electron chi connectivity index (χ3n) is 4.42. The number of likely N-dealkylation sites (tertiary alicyclic amines) is 1. The van der Waals surface area contributed by atoms with Crippen LogP contribution in [0.2, 0.25) is 0 Å². The number of carboxylic acids is 1. The zero-order chi connectivity index (χ0) is 13.8. The van der Waals surface area contributed by atoms with E-state index in [9.17, 15) is 4.79 Å². The molecule has 19 heavy (non-hydrogen) atoms. The summed E-state index contributed by atoms with van der Waals surface area (Å²) in [6, 6.07) is 10.3. The average Bonchev–Trinajstić information content (AvgIpc) is 2.46. The van der Waals surface area contributed by atoms with Gasteiger partial charge in [0.05, 0.1) is 0 Å². The van der Waals surface area contributed by atoms with Gasteiger partial charge in [-0.25, -0.2) is 0 Å². The number of piperidine rings is 1. The molecule has 0 bridgehead atoms. The van der Waals surface area contributed by atoms with Gasteiger partial charge in [0, 0.05) is 6.54 Å². The van der Waals surface area contributed by atoms with E-state index in [4.69, 9.17) is 5.11 Å². The number of aliphatic carboxylic acids is 1. The van der Waals surface area contributed by atoms with Crippen molar-refractivity contribution in [2.75, 3.05) is 13.1 Å². The van der Waals surface area contributed by atoms with Crippen LogP contribution in [0.4, 0.5) is 0 Å². The molecule has 0 radical (unpaired) electrons. The minimum absolute atomic E-state index is 0.370. The van der Waals surface area contributed by atoms with Crippen LogP contribution in [0.25, 0.3) is 0 Å². The van der Waals surface area contributed by atoms with Crippen molar-refractivity contribution in [3.8, 4) is 0 Å². The van der Waals surface area contributed by atoms with Crippen LogP contribution in [-0.4, -0.2) is 35.1 Å². The van der Waals surface area contributed by atoms with Crippen molar-refractivity contribution in [2.45, 2.75) is 38.6 Å². The molecule has 1 heterocycles. The molecule has 1 saturated heterocycles. The van der Waals surface area contributed by atoms with Crippen LogP contribution in [0, 0.1) is 5.92 Å². The Balaban J connectivity index is 2.09. The van der Waals surface area contributed by atoms with Crippen LogP contribution in [0.15, 0.2) is 30.3 Å². The first-order chi connectivity index (χ1) is 9.13. The normalized spacial score (nSPS) is 26.0. The lowest BCUT2D eigenvalue weighted by Gasteiger charge is -2.40. The predicted octanol–water partition coefficient (Wildman–Crippen LogP) is 2.98. The summed E-state index contributed by atoms with van der Waals surface area (Å²) in [5, 5.41) is 9.13. The predicted molar refractivity (Wildman–Crippen MR) is 76.3 cm³/mol. The molecule has 1 N–H and O–H groups in total. The maximum atomic E-state index is 11.1. The molecule has 1 aromatic rings. The van der Waals surface area contributed by atoms with Gasteiger partial charge in [0.25, 0.3) is 0 Å². The van der Waals surface area contributed by atoms with Gasteiger partial charge in [-0.05, 0) is 37.3 Å². The highest BCUT2D eigenvalue weighted by Crippen LogP contribution is 2.35. The molecule has 0 aromatic heterocycles. The quantitative estimate of drug-likeness (QED) is 0.906. The smallest absolute Gasteiger partial charge is 0.320 e. The molecular weight excluding hydrogens is 238 g/mol. The van der Waals surface area contributed by atoms with Crippen molar-refractivity contribution in [2.24, 2.45) is 5.92 Å². The number of nitrogens with zero attached hydrogens (tertiary/aromatic N) is 1. The fourth-order valence-corrected chi connectivity index (χ4v) is 3.12. The number of hydrogen-bond acceptors (Lipinski definition) is 2. The zero-order valence-electron chi connectivity index (χ0n) is 11.7. The number of benzene rings is 1. The van der Waals surface area contributed by atoms with Crippen molar-refractivity contribution in [3.63, 3.8) is 0 Å². The van der Waals surface area contributed by atoms with Gasteiger partial charge in [0.1, 0.15) is 6.04 Å². The van der Waals surface area contributed by atoms with Crippen molar-refractivity contribution in [3.05, 3.63) is 35.9 Å². The third kappa shape index (κ3) is 3.16. The van der Waals surface area contributed by atoms with Gasteiger partial charge in [-0.3, -0.25) is 9.69 Å². The topological polar surface area (TPSA) is 40.5 Å². The van der Waals surface area contributed by atoms with Crippen LogP contribution >= 0.6 is 0 Å². The lowest BCUT2D eigenvalue weighted by molar-refractivity contribution is -0.143. The average molecular weight is 261 g/mol. The van der Waals surface area contributed by atoms with Gasteiger partial charge in [-0.2, -0.15) is 0 Å². The van der Waals surface area contributed by atoms with E-state index in [-0.39, 0.29) is 6.04 Å². The van der Waals surface area contributed by atoms with Crippen molar-refractivity contribution >= 4 is 5.97 Å². The molecule has 1 aromatic carbocycles. The number of rotatable bonds is 4. The summed E-state index contributed by atoms with van der Waals surface area (Å²) >= 11 is 0. The van der Waals surface area contributed by atoms with E-state index in [0.29, 0.717) is 11.8 Å². The van der Waals surface area contributed by atoms with Crippen LogP contribution in [0.5, 0.6) is 0 Å². The first-order valence-electron chi connectivity index (χ1n) is 7.15. The molecule has 1 aliphatic heterocycles. The molecule has 0 amide bonds. The first-order valence-corrected chi connectivity index (χ1v) is 7.15. The summed E-state index contributed by atoms with van der Waals surface area (Å²) < 4.78 is 0. The fraction of sp³-hybridized carbons (Fsp3) is 0.562. The number of carbonyl (C=O) groups is 1. The summed E-state index contributed by atoms with van der Waals surface area (Å²) in [5.74, 6) is 0.411. The second-order valence-corrected chi connectivity index (χ2v) is 5.48. The minimum Gasteiger partial charge on any atom is -0.480 e. The molecule has 1 fully saturated rings. The molecule has 0 spiro atoms. The molecule has 3 atom stereocenters. The van der Waals surface area contributed by atoms with Crippen molar-refractivity contribution < 1.29 is 9.90 Å². The van der Waals surface area contributed by atoms with Gasteiger partial charge >= 0.3 is 5.97 Å². The Morgan fingerprint density at radius 3 is 2.68 bits per heavy atom. The number of carboxylic acid groups (broad SMARTS) is 1. The molecule has 3 nitrogen and oxygen atoms in total. The maximum absolute atomic E-state index is 11.1. The number of hydrogen-bond donors (Lipinski definition) is 1. The molecule has 1 aliphatic rings. The standard InChI is InChI=1S/C16H23NO2/c1-3-13-11-17(12(2)16(18)19)10-9-15(13)14-7-5-4-6-8-14/h4-8,12-13,15H,3,9-11H2,1-2H3,(H,18,19)/t12-,13+,15+/m0/s1. The summed E-state index contributed by atoms with van der Waals surface area (Å²) in [5.41, 5.74) is 1.40. The molecular formula is C16H23NO2. The Kier molecular flexibility index (Phi) is 4.59. The molecule has 0 saturated carbocycles. The van der Waals surface area contributed by atoms with E-state index in [1.54, 1.807) is 6.92 Å². The molecule has 3 heteroatoms. The zero-order valence-corrected chi connectivity index (χ0v) is 11.7. The lowest BCUT2D eigenvalue weighted by atomic mass is 9.79. The second-order valence-electron chi connectivity index (χ2n) is 5.48. The minimum atomic E-state index is -0.715. The fourth-order valence-electron chi connectivity index (χ4n) is 3.12. The largest absolute Gasteiger partial charge is 0.480 e. The van der Waals surface area contributed by atoms with Gasteiger partial charge in [0.2, 0.25) is 0 Å². The van der Waals surface area contributed by atoms with Gasteiger partial charge < -0.3 is 5.11 Å². The van der Waals surface area contributed by atoms with Gasteiger partial charge in [-0.1, -0.05) is 43.7 Å². The summed E-state index contributed by atoms with van der Waals surface area (Å²) in [6.07, 6.45) is 2.16. The lowest BCUT2D eigenvalue weighted by Crippen LogP contribution is -2.47. The monoisotopic (exact) mass is 261 g/mol. The molecule has 104 valence electrons. The Morgan fingerprint density at radius 2 is 2.11 bits per heavy atom. The van der Waals surface area contributed by atoms with Crippen molar-refractivity contribution in [1.82, 2.24) is 4.90 Å². The van der Waals surface area contributed by atoms with Crippen LogP contribution < -0.4 is 0 Å². The molecule has 0 aliphatic carbocycles. The van der Waals surface area contributed by atoms with Crippen LogP contribution in [-0.2, 0) is 4.79 Å². The van der Waals surface area contributed by atoms with Gasteiger partial charge in [-0.15, -0.1) is 0 Å². The van der Waals surface area contributed by atoms with Crippen LogP contribution in [0.3, 0.4) is 0 Å². The van der Waals surface area contributed by atoms with Gasteiger partial charge in [0.15, 0.2) is 0 Å². The highest BCUT2D eigenvalue weighted by Gasteiger charge is 2.32. The maximum Gasteiger partial charge on any atom is 0.320 e. The summed E-state index contributed by atoms with van der Waals surface area (Å²) in [7, 11) is 0. The van der Waals surface area contributed by atoms with E-state index in [0.717, 1.165) is 25.9 Å². The Hall–Kier alpha value is -1.35. The van der Waals surface area contributed by atoms with E-state index in [1.165, 1.54) is 5.56 Å². The SMILES string of the molecule is CC[C@@H]1CN([C@@H](C)C(=O)O)CC[C@H]1c1ccccc1. The van der Waals surface area contributed by atoms with E-state index < -0.39 is 5.97 Å². The highest BCUT2D eigenvalue weighted by atomic mass is 16.4. The van der Waals surface area contributed by atoms with E-state index >= 15 is 0 Å². The second kappa shape index (κ2) is 6.20. The third-order valence-corrected chi connectivity index (χ3v) is 4.42. The van der Waals surface area contributed by atoms with E-state index in [2.05, 4.69) is 36.1 Å². The Bertz CT molecular complexity index is 418. The Labute approximate surface area is 115 Å². The highest BCUT2D eigenvalue weighted by molar-refractivity contribution is 5.72. The summed E-state index contributed by atoms with van der Waals surface area (Å²) in [4.78, 5) is 13.2. The van der Waals surface area contributed by atoms with E-state index in [1.807, 2.05) is 6.07 Å². The van der Waals surface area contributed by atoms with Crippen molar-refractivity contribution in [1.29, 1.82) is 0 Å². The Morgan fingerprint density at radius 1 is 1.42 bits per heavy atom. The molecule has 2 rings (SSSR count). The molecule has 0 unspecified atom stereocenters. The first kappa shape index (κ1) is 14.1. The van der Waals surface area contributed by atoms with Crippen LogP contribution in [0.1, 0.15) is 38.2 Å².